The molecule has 90 valence electrons. The van der Waals surface area contributed by atoms with E-state index < -0.39 is 6.10 Å². The Morgan fingerprint density at radius 3 is 2.76 bits per heavy atom. The van der Waals surface area contributed by atoms with E-state index in [0.29, 0.717) is 6.42 Å². The molecule has 17 heavy (non-hydrogen) atoms. The Morgan fingerprint density at radius 2 is 2.12 bits per heavy atom. The van der Waals surface area contributed by atoms with Crippen LogP contribution in [-0.2, 0) is 0 Å². The van der Waals surface area contributed by atoms with Crippen molar-refractivity contribution in [2.75, 3.05) is 0 Å². The number of carbonyl (C=O) groups excluding carboxylic acids is 1. The highest BCUT2D eigenvalue weighted by molar-refractivity contribution is 6.07. The Bertz CT molecular complexity index is 498. The predicted molar refractivity (Wildman–Crippen MR) is 62.6 cm³/mol. The quantitative estimate of drug-likeness (QED) is 0.771. The summed E-state index contributed by atoms with van der Waals surface area (Å²) >= 11 is 0. The van der Waals surface area contributed by atoms with Crippen LogP contribution in [0, 0.1) is 0 Å². The minimum absolute atomic E-state index is 0.114. The van der Waals surface area contributed by atoms with Crippen molar-refractivity contribution in [2.45, 2.75) is 26.4 Å². The zero-order chi connectivity index (χ0) is 12.6. The van der Waals surface area contributed by atoms with Gasteiger partial charge in [-0.3, -0.25) is 4.79 Å². The number of phenolic OH excluding ortho intramolecular Hbond substituents is 2. The standard InChI is InChI=1S/C13H14O4/c1-7(2)3-4-10-13(16)12-9(15)5-8(14)6-11(12)17-10/h3,5-6,10,14-15H,4H2,1-2H3. The van der Waals surface area contributed by atoms with Gasteiger partial charge in [0.05, 0.1) is 0 Å². The third kappa shape index (κ3) is 2.11. The molecular formula is C13H14O4. The van der Waals surface area contributed by atoms with Gasteiger partial charge in [-0.25, -0.2) is 0 Å². The fourth-order valence-electron chi connectivity index (χ4n) is 1.79. The van der Waals surface area contributed by atoms with Gasteiger partial charge in [-0.15, -0.1) is 0 Å². The van der Waals surface area contributed by atoms with Crippen molar-refractivity contribution in [3.05, 3.63) is 29.3 Å². The minimum Gasteiger partial charge on any atom is -0.508 e. The molecule has 0 amide bonds. The summed E-state index contributed by atoms with van der Waals surface area (Å²) in [5, 5.41) is 18.9. The second kappa shape index (κ2) is 4.13. The molecule has 0 fully saturated rings. The highest BCUT2D eigenvalue weighted by atomic mass is 16.5. The second-order valence-corrected chi connectivity index (χ2v) is 4.33. The first-order valence-electron chi connectivity index (χ1n) is 5.39. The lowest BCUT2D eigenvalue weighted by Crippen LogP contribution is -2.19. The molecule has 4 nitrogen and oxygen atoms in total. The first-order valence-corrected chi connectivity index (χ1v) is 5.39. The molecule has 0 spiro atoms. The number of benzene rings is 1. The summed E-state index contributed by atoms with van der Waals surface area (Å²) in [6, 6.07) is 2.48. The summed E-state index contributed by atoms with van der Waals surface area (Å²) in [5.74, 6) is -0.337. The molecule has 0 aromatic heterocycles. The Labute approximate surface area is 99.2 Å². The van der Waals surface area contributed by atoms with Crippen LogP contribution in [0.4, 0.5) is 0 Å². The number of hydrogen-bond donors (Lipinski definition) is 2. The largest absolute Gasteiger partial charge is 0.508 e. The molecule has 0 radical (unpaired) electrons. The van der Waals surface area contributed by atoms with Crippen LogP contribution in [0.5, 0.6) is 17.2 Å². The van der Waals surface area contributed by atoms with Gasteiger partial charge >= 0.3 is 0 Å². The van der Waals surface area contributed by atoms with Gasteiger partial charge in [0, 0.05) is 18.6 Å². The third-order valence-electron chi connectivity index (χ3n) is 2.61. The molecule has 1 aromatic rings. The van der Waals surface area contributed by atoms with E-state index in [2.05, 4.69) is 0 Å². The molecule has 0 saturated heterocycles. The lowest BCUT2D eigenvalue weighted by molar-refractivity contribution is 0.0859. The Hall–Kier alpha value is -1.97. The Morgan fingerprint density at radius 1 is 1.41 bits per heavy atom. The summed E-state index contributed by atoms with van der Waals surface area (Å²) in [6.07, 6.45) is 1.77. The molecule has 1 aliphatic heterocycles. The Kier molecular flexibility index (Phi) is 2.79. The number of carbonyl (C=O) groups is 1. The lowest BCUT2D eigenvalue weighted by atomic mass is 10.0. The molecular weight excluding hydrogens is 220 g/mol. The maximum atomic E-state index is 11.9. The summed E-state index contributed by atoms with van der Waals surface area (Å²) in [6.45, 7) is 3.88. The van der Waals surface area contributed by atoms with E-state index >= 15 is 0 Å². The molecule has 0 saturated carbocycles. The fraction of sp³-hybridized carbons (Fsp3) is 0.308. The van der Waals surface area contributed by atoms with Crippen LogP contribution in [0.3, 0.4) is 0 Å². The van der Waals surface area contributed by atoms with Crippen molar-refractivity contribution in [3.63, 3.8) is 0 Å². The van der Waals surface area contributed by atoms with E-state index in [-0.39, 0.29) is 28.6 Å². The van der Waals surface area contributed by atoms with Crippen molar-refractivity contribution in [1.82, 2.24) is 0 Å². The molecule has 1 unspecified atom stereocenters. The monoisotopic (exact) mass is 234 g/mol. The number of rotatable bonds is 2. The van der Waals surface area contributed by atoms with Crippen molar-refractivity contribution in [2.24, 2.45) is 0 Å². The van der Waals surface area contributed by atoms with Crippen molar-refractivity contribution in [3.8, 4) is 17.2 Å². The van der Waals surface area contributed by atoms with Crippen molar-refractivity contribution < 1.29 is 19.7 Å². The summed E-state index contributed by atoms with van der Waals surface area (Å²) < 4.78 is 5.42. The molecule has 1 aliphatic rings. The smallest absolute Gasteiger partial charge is 0.211 e. The number of allylic oxidation sites excluding steroid dienone is 1. The SMILES string of the molecule is CC(C)=CCC1Oc2cc(O)cc(O)c2C1=O. The normalized spacial score (nSPS) is 17.5. The van der Waals surface area contributed by atoms with Crippen LogP contribution < -0.4 is 4.74 Å². The van der Waals surface area contributed by atoms with Gasteiger partial charge in [0.1, 0.15) is 22.8 Å². The van der Waals surface area contributed by atoms with Gasteiger partial charge in [-0.05, 0) is 13.8 Å². The second-order valence-electron chi connectivity index (χ2n) is 4.33. The van der Waals surface area contributed by atoms with E-state index in [1.807, 2.05) is 19.9 Å². The van der Waals surface area contributed by atoms with Gasteiger partial charge in [-0.1, -0.05) is 11.6 Å². The number of fused-ring (bicyclic) bond motifs is 1. The van der Waals surface area contributed by atoms with Crippen LogP contribution >= 0.6 is 0 Å². The number of ketones is 1. The molecule has 1 heterocycles. The zero-order valence-corrected chi connectivity index (χ0v) is 9.73. The minimum atomic E-state index is -0.604. The van der Waals surface area contributed by atoms with E-state index in [9.17, 15) is 15.0 Å². The summed E-state index contributed by atoms with van der Waals surface area (Å²) in [4.78, 5) is 11.9. The van der Waals surface area contributed by atoms with Gasteiger partial charge in [-0.2, -0.15) is 0 Å². The van der Waals surface area contributed by atoms with E-state index in [1.54, 1.807) is 0 Å². The highest BCUT2D eigenvalue weighted by Gasteiger charge is 2.34. The maximum absolute atomic E-state index is 11.9. The summed E-state index contributed by atoms with van der Waals surface area (Å²) in [7, 11) is 0. The molecule has 4 heteroatoms. The first kappa shape index (κ1) is 11.5. The van der Waals surface area contributed by atoms with Crippen LogP contribution in [0.15, 0.2) is 23.8 Å². The van der Waals surface area contributed by atoms with Gasteiger partial charge in [0.15, 0.2) is 6.10 Å². The maximum Gasteiger partial charge on any atom is 0.211 e. The average Bonchev–Trinajstić information content (AvgIpc) is 2.52. The topological polar surface area (TPSA) is 66.8 Å². The zero-order valence-electron chi connectivity index (χ0n) is 9.73. The van der Waals surface area contributed by atoms with Crippen LogP contribution in [-0.4, -0.2) is 22.1 Å². The molecule has 2 rings (SSSR count). The predicted octanol–water partition coefficient (Wildman–Crippen LogP) is 2.40. The van der Waals surface area contributed by atoms with Crippen LogP contribution in [0.25, 0.3) is 0 Å². The number of Topliss-reactive ketones (excluding diaryl/α,β-unsaturated/α-hetero) is 1. The number of phenols is 2. The molecule has 0 bridgehead atoms. The average molecular weight is 234 g/mol. The van der Waals surface area contributed by atoms with Gasteiger partial charge in [0.25, 0.3) is 0 Å². The third-order valence-corrected chi connectivity index (χ3v) is 2.61. The van der Waals surface area contributed by atoms with Crippen molar-refractivity contribution in [1.29, 1.82) is 0 Å². The fourth-order valence-corrected chi connectivity index (χ4v) is 1.79. The number of aromatic hydroxyl groups is 2. The number of ether oxygens (including phenoxy) is 1. The molecule has 1 atom stereocenters. The summed E-state index contributed by atoms with van der Waals surface area (Å²) in [5.41, 5.74) is 1.26. The van der Waals surface area contributed by atoms with Gasteiger partial charge < -0.3 is 14.9 Å². The molecule has 1 aromatic carbocycles. The van der Waals surface area contributed by atoms with E-state index in [1.165, 1.54) is 6.07 Å². The van der Waals surface area contributed by atoms with Crippen molar-refractivity contribution >= 4 is 5.78 Å². The van der Waals surface area contributed by atoms with Gasteiger partial charge in [0.2, 0.25) is 5.78 Å². The molecule has 0 aliphatic carbocycles. The molecule has 2 N–H and O–H groups in total. The Balaban J connectivity index is 2.30. The van der Waals surface area contributed by atoms with E-state index in [0.717, 1.165) is 11.6 Å². The lowest BCUT2D eigenvalue weighted by Gasteiger charge is -2.06. The highest BCUT2D eigenvalue weighted by Crippen LogP contribution is 2.39. The van der Waals surface area contributed by atoms with Crippen LogP contribution in [0.1, 0.15) is 30.6 Å². The number of hydrogen-bond acceptors (Lipinski definition) is 4. The van der Waals surface area contributed by atoms with E-state index in [4.69, 9.17) is 4.74 Å². The first-order chi connectivity index (χ1) is 7.99. The van der Waals surface area contributed by atoms with Crippen LogP contribution in [0.2, 0.25) is 0 Å².